The van der Waals surface area contributed by atoms with Crippen molar-refractivity contribution in [1.29, 1.82) is 0 Å². The first-order valence-corrected chi connectivity index (χ1v) is 8.50. The van der Waals surface area contributed by atoms with Crippen molar-refractivity contribution < 1.29 is 19.2 Å². The van der Waals surface area contributed by atoms with Gasteiger partial charge in [0.05, 0.1) is 4.92 Å². The first kappa shape index (κ1) is 18.2. The van der Waals surface area contributed by atoms with E-state index in [0.717, 1.165) is 0 Å². The first-order chi connectivity index (χ1) is 13.9. The van der Waals surface area contributed by atoms with Gasteiger partial charge in [-0.25, -0.2) is 4.68 Å². The van der Waals surface area contributed by atoms with Crippen LogP contribution in [0.5, 0.6) is 11.5 Å². The molecule has 0 aliphatic carbocycles. The van der Waals surface area contributed by atoms with E-state index in [1.807, 2.05) is 0 Å². The van der Waals surface area contributed by atoms with E-state index in [1.54, 1.807) is 31.2 Å². The lowest BCUT2D eigenvalue weighted by Crippen LogP contribution is -2.27. The number of hydrogen-bond acceptors (Lipinski definition) is 7. The minimum atomic E-state index is -0.749. The lowest BCUT2D eigenvalue weighted by Gasteiger charge is -2.11. The average molecular weight is 394 g/mol. The number of anilines is 1. The molecule has 10 heteroatoms. The number of aryl methyl sites for hydroxylation is 1. The lowest BCUT2D eigenvalue weighted by atomic mass is 10.2. The van der Waals surface area contributed by atoms with Crippen LogP contribution in [0.25, 0.3) is 5.69 Å². The number of aromatic nitrogens is 2. The molecule has 1 aliphatic rings. The summed E-state index contributed by atoms with van der Waals surface area (Å²) in [6.45, 7) is 1.66. The van der Waals surface area contributed by atoms with Gasteiger partial charge in [0, 0.05) is 29.6 Å². The van der Waals surface area contributed by atoms with Crippen molar-refractivity contribution in [2.45, 2.75) is 6.92 Å². The highest BCUT2D eigenvalue weighted by molar-refractivity contribution is 6.02. The van der Waals surface area contributed by atoms with Crippen LogP contribution in [0.4, 0.5) is 11.4 Å². The Balaban J connectivity index is 1.72. The van der Waals surface area contributed by atoms with Gasteiger partial charge in [0.25, 0.3) is 11.6 Å². The summed E-state index contributed by atoms with van der Waals surface area (Å²) in [5, 5.41) is 18.0. The number of amides is 1. The number of nitrogens with zero attached hydrogens (tertiary/aromatic N) is 3. The maximum Gasteiger partial charge on any atom is 0.294 e. The number of nitrogens with one attached hydrogen (secondary N) is 1. The lowest BCUT2D eigenvalue weighted by molar-refractivity contribution is -0.384. The van der Waals surface area contributed by atoms with Gasteiger partial charge in [0.2, 0.25) is 12.2 Å². The molecule has 0 saturated carbocycles. The fraction of sp³-hybridized carbons (Fsp3) is 0.105. The molecule has 29 heavy (non-hydrogen) atoms. The van der Waals surface area contributed by atoms with Crippen molar-refractivity contribution >= 4 is 17.3 Å². The number of benzene rings is 2. The van der Waals surface area contributed by atoms with Crippen LogP contribution in [-0.4, -0.2) is 27.4 Å². The van der Waals surface area contributed by atoms with Gasteiger partial charge in [-0.2, -0.15) is 5.10 Å². The summed E-state index contributed by atoms with van der Waals surface area (Å²) in [5.41, 5.74) is -0.315. The summed E-state index contributed by atoms with van der Waals surface area (Å²) in [4.78, 5) is 35.8. The van der Waals surface area contributed by atoms with Gasteiger partial charge in [-0.05, 0) is 25.1 Å². The van der Waals surface area contributed by atoms with Crippen LogP contribution in [-0.2, 0) is 0 Å². The molecule has 2 aromatic carbocycles. The second-order valence-corrected chi connectivity index (χ2v) is 6.18. The molecular formula is C19H14N4O6. The smallest absolute Gasteiger partial charge is 0.294 e. The fourth-order valence-corrected chi connectivity index (χ4v) is 2.91. The zero-order chi connectivity index (χ0) is 20.5. The number of hydrogen-bond donors (Lipinski definition) is 1. The summed E-state index contributed by atoms with van der Waals surface area (Å²) >= 11 is 0. The molecule has 3 aromatic rings. The third kappa shape index (κ3) is 3.38. The number of para-hydroxylation sites is 2. The SMILES string of the molecule is Cc1cc(=O)c(C(=O)Nc2ccc3c(c2)OCO3)nn1-c1ccccc1[N+](=O)[O-]. The predicted molar refractivity (Wildman–Crippen MR) is 102 cm³/mol. The van der Waals surface area contributed by atoms with Gasteiger partial charge in [0.1, 0.15) is 5.69 Å². The molecule has 0 fully saturated rings. The summed E-state index contributed by atoms with van der Waals surface area (Å²) in [6.07, 6.45) is 0. The topological polar surface area (TPSA) is 126 Å². The third-order valence-electron chi connectivity index (χ3n) is 4.26. The second-order valence-electron chi connectivity index (χ2n) is 6.18. The van der Waals surface area contributed by atoms with E-state index in [-0.39, 0.29) is 18.2 Å². The number of ether oxygens (including phenoxy) is 2. The Morgan fingerprint density at radius 3 is 2.72 bits per heavy atom. The molecule has 1 aromatic heterocycles. The summed E-state index contributed by atoms with van der Waals surface area (Å²) in [6, 6.07) is 11.9. The average Bonchev–Trinajstić information content (AvgIpc) is 3.16. The standard InChI is InChI=1S/C19H14N4O6/c1-11-8-15(24)18(21-22(11)13-4-2-3-5-14(13)23(26)27)19(25)20-12-6-7-16-17(9-12)29-10-28-16/h2-9H,10H2,1H3,(H,20,25). The molecule has 0 radical (unpaired) electrons. The monoisotopic (exact) mass is 394 g/mol. The summed E-state index contributed by atoms with van der Waals surface area (Å²) < 4.78 is 11.7. The zero-order valence-electron chi connectivity index (χ0n) is 15.1. The summed E-state index contributed by atoms with van der Waals surface area (Å²) in [7, 11) is 0. The van der Waals surface area contributed by atoms with Crippen molar-refractivity contribution in [2.75, 3.05) is 12.1 Å². The zero-order valence-corrected chi connectivity index (χ0v) is 15.1. The molecule has 0 bridgehead atoms. The molecule has 1 N–H and O–H groups in total. The molecule has 0 unspecified atom stereocenters. The Kier molecular flexibility index (Phi) is 4.43. The van der Waals surface area contributed by atoms with Crippen LogP contribution < -0.4 is 20.2 Å². The van der Waals surface area contributed by atoms with Crippen molar-refractivity contribution in [3.63, 3.8) is 0 Å². The second kappa shape index (κ2) is 7.08. The van der Waals surface area contributed by atoms with Crippen molar-refractivity contribution in [2.24, 2.45) is 0 Å². The highest BCUT2D eigenvalue weighted by Gasteiger charge is 2.21. The van der Waals surface area contributed by atoms with E-state index >= 15 is 0 Å². The van der Waals surface area contributed by atoms with Crippen LogP contribution in [0.3, 0.4) is 0 Å². The van der Waals surface area contributed by atoms with Crippen molar-refractivity contribution in [1.82, 2.24) is 9.78 Å². The van der Waals surface area contributed by atoms with E-state index in [4.69, 9.17) is 9.47 Å². The molecule has 0 spiro atoms. The molecule has 0 saturated heterocycles. The Bertz CT molecular complexity index is 1200. The van der Waals surface area contributed by atoms with E-state index in [0.29, 0.717) is 22.9 Å². The first-order valence-electron chi connectivity index (χ1n) is 8.50. The van der Waals surface area contributed by atoms with Gasteiger partial charge in [-0.1, -0.05) is 12.1 Å². The maximum atomic E-state index is 12.7. The Morgan fingerprint density at radius 1 is 1.17 bits per heavy atom. The Hall–Kier alpha value is -4.21. The highest BCUT2D eigenvalue weighted by Crippen LogP contribution is 2.34. The maximum absolute atomic E-state index is 12.7. The van der Waals surface area contributed by atoms with Crippen molar-refractivity contribution in [3.05, 3.63) is 80.3 Å². The highest BCUT2D eigenvalue weighted by atomic mass is 16.7. The van der Waals surface area contributed by atoms with E-state index in [9.17, 15) is 19.7 Å². The van der Waals surface area contributed by atoms with E-state index in [1.165, 1.54) is 28.9 Å². The number of fused-ring (bicyclic) bond motifs is 1. The number of nitro benzene ring substituents is 1. The van der Waals surface area contributed by atoms with Gasteiger partial charge >= 0.3 is 0 Å². The van der Waals surface area contributed by atoms with E-state index < -0.39 is 22.0 Å². The molecule has 1 aliphatic heterocycles. The van der Waals surface area contributed by atoms with Crippen LogP contribution in [0.1, 0.15) is 16.2 Å². The van der Waals surface area contributed by atoms with E-state index in [2.05, 4.69) is 10.4 Å². The number of rotatable bonds is 4. The third-order valence-corrected chi connectivity index (χ3v) is 4.26. The Morgan fingerprint density at radius 2 is 1.93 bits per heavy atom. The largest absolute Gasteiger partial charge is 0.454 e. The van der Waals surface area contributed by atoms with Crippen LogP contribution in [0.2, 0.25) is 0 Å². The van der Waals surface area contributed by atoms with Crippen LogP contribution in [0, 0.1) is 17.0 Å². The molecule has 0 atom stereocenters. The number of carbonyl (C=O) groups excluding carboxylic acids is 1. The normalized spacial score (nSPS) is 11.9. The van der Waals surface area contributed by atoms with Gasteiger partial charge < -0.3 is 14.8 Å². The molecule has 146 valence electrons. The van der Waals surface area contributed by atoms with Gasteiger partial charge in [-0.3, -0.25) is 19.7 Å². The van der Waals surface area contributed by atoms with Gasteiger partial charge in [-0.15, -0.1) is 0 Å². The quantitative estimate of drug-likeness (QED) is 0.532. The Labute approximate surface area is 163 Å². The fourth-order valence-electron chi connectivity index (χ4n) is 2.91. The molecule has 2 heterocycles. The molecule has 4 rings (SSSR count). The van der Waals surface area contributed by atoms with Crippen LogP contribution in [0.15, 0.2) is 53.3 Å². The molecule has 1 amide bonds. The van der Waals surface area contributed by atoms with Crippen molar-refractivity contribution in [3.8, 4) is 17.2 Å². The molecular weight excluding hydrogens is 380 g/mol. The number of carbonyl (C=O) groups is 1. The summed E-state index contributed by atoms with van der Waals surface area (Å²) in [5.74, 6) is 0.272. The minimum Gasteiger partial charge on any atom is -0.454 e. The minimum absolute atomic E-state index is 0.0901. The predicted octanol–water partition coefficient (Wildman–Crippen LogP) is 2.43. The van der Waals surface area contributed by atoms with Crippen LogP contribution >= 0.6 is 0 Å². The number of nitro groups is 1. The molecule has 10 nitrogen and oxygen atoms in total. The van der Waals surface area contributed by atoms with Gasteiger partial charge in [0.15, 0.2) is 17.2 Å².